The molecule has 2 heteroatoms. The minimum Gasteiger partial charge on any atom is -0.454 e. The first-order valence-electron chi connectivity index (χ1n) is 7.42. The average Bonchev–Trinajstić information content (AvgIpc) is 2.95. The molecule has 0 bridgehead atoms. The second-order valence-corrected chi connectivity index (χ2v) is 5.68. The van der Waals surface area contributed by atoms with E-state index < -0.39 is 0 Å². The number of benzene rings is 3. The van der Waals surface area contributed by atoms with Gasteiger partial charge in [0.15, 0.2) is 5.58 Å². The van der Waals surface area contributed by atoms with Gasteiger partial charge in [-0.05, 0) is 18.4 Å². The van der Waals surface area contributed by atoms with Gasteiger partial charge in [-0.25, -0.2) is 4.98 Å². The van der Waals surface area contributed by atoms with Crippen molar-refractivity contribution in [3.63, 3.8) is 0 Å². The summed E-state index contributed by atoms with van der Waals surface area (Å²) in [6, 6.07) is 20.9. The third-order valence-electron chi connectivity index (χ3n) is 4.37. The highest BCUT2D eigenvalue weighted by molar-refractivity contribution is 6.22. The molecule has 0 N–H and O–H groups in total. The lowest BCUT2D eigenvalue weighted by molar-refractivity contribution is 0.663. The second kappa shape index (κ2) is 4.08. The van der Waals surface area contributed by atoms with Gasteiger partial charge in [0.2, 0.25) is 0 Å². The molecule has 0 unspecified atom stereocenters. The zero-order valence-corrected chi connectivity index (χ0v) is 12.1. The smallest absolute Gasteiger partial charge is 0.157 e. The largest absolute Gasteiger partial charge is 0.454 e. The van der Waals surface area contributed by atoms with Gasteiger partial charge in [-0.3, -0.25) is 0 Å². The lowest BCUT2D eigenvalue weighted by Crippen LogP contribution is -1.87. The summed E-state index contributed by atoms with van der Waals surface area (Å²) < 4.78 is 6.04. The Hall–Kier alpha value is -2.87. The summed E-state index contributed by atoms with van der Waals surface area (Å²) in [5.74, 6) is 0. The van der Waals surface area contributed by atoms with E-state index in [0.29, 0.717) is 0 Å². The van der Waals surface area contributed by atoms with Gasteiger partial charge in [0.1, 0.15) is 5.58 Å². The van der Waals surface area contributed by atoms with E-state index in [1.165, 1.54) is 16.2 Å². The van der Waals surface area contributed by atoms with Crippen molar-refractivity contribution in [2.24, 2.45) is 0 Å². The van der Waals surface area contributed by atoms with E-state index in [4.69, 9.17) is 9.40 Å². The van der Waals surface area contributed by atoms with Crippen LogP contribution >= 0.6 is 0 Å². The Morgan fingerprint density at radius 2 is 1.55 bits per heavy atom. The van der Waals surface area contributed by atoms with Gasteiger partial charge in [0.25, 0.3) is 0 Å². The molecule has 0 amide bonds. The minimum atomic E-state index is 0.893. The molecule has 0 saturated carbocycles. The number of nitrogens with zero attached hydrogens (tertiary/aromatic N) is 1. The summed E-state index contributed by atoms with van der Waals surface area (Å²) in [6.45, 7) is 2.02. The molecule has 5 aromatic rings. The number of rotatable bonds is 0. The van der Waals surface area contributed by atoms with Crippen LogP contribution in [0.1, 0.15) is 5.69 Å². The first kappa shape index (κ1) is 11.8. The van der Waals surface area contributed by atoms with Crippen LogP contribution in [0.4, 0.5) is 0 Å². The van der Waals surface area contributed by atoms with Crippen LogP contribution in [0.15, 0.2) is 65.1 Å². The summed E-state index contributed by atoms with van der Waals surface area (Å²) in [5.41, 5.74) is 3.80. The lowest BCUT2D eigenvalue weighted by atomic mass is 10.0. The van der Waals surface area contributed by atoms with Crippen molar-refractivity contribution < 1.29 is 4.42 Å². The number of hydrogen-bond donors (Lipinski definition) is 0. The lowest BCUT2D eigenvalue weighted by Gasteiger charge is -2.06. The van der Waals surface area contributed by atoms with Gasteiger partial charge in [0, 0.05) is 21.5 Å². The summed E-state index contributed by atoms with van der Waals surface area (Å²) in [4.78, 5) is 4.83. The SMILES string of the molecule is Cc1nc2c3ccccc3ccc2c2c1oc1ccccc12. The molecule has 0 aliphatic heterocycles. The maximum Gasteiger partial charge on any atom is 0.157 e. The zero-order valence-electron chi connectivity index (χ0n) is 12.1. The van der Waals surface area contributed by atoms with Crippen molar-refractivity contribution in [2.75, 3.05) is 0 Å². The molecule has 3 aromatic carbocycles. The fraction of sp³-hybridized carbons (Fsp3) is 0.0500. The van der Waals surface area contributed by atoms with Crippen LogP contribution in [-0.2, 0) is 0 Å². The fourth-order valence-electron chi connectivity index (χ4n) is 3.36. The maximum atomic E-state index is 6.04. The van der Waals surface area contributed by atoms with Gasteiger partial charge in [-0.15, -0.1) is 0 Å². The Kier molecular flexibility index (Phi) is 2.18. The average molecular weight is 283 g/mol. The van der Waals surface area contributed by atoms with Crippen molar-refractivity contribution in [1.82, 2.24) is 4.98 Å². The number of pyridine rings is 1. The standard InChI is InChI=1S/C20H13NO/c1-12-20-18(15-8-4-5-9-17(15)22-20)16-11-10-13-6-2-3-7-14(13)19(16)21-12/h2-11H,1H3. The Balaban J connectivity index is 2.14. The predicted molar refractivity (Wildman–Crippen MR) is 91.3 cm³/mol. The van der Waals surface area contributed by atoms with E-state index >= 15 is 0 Å². The normalized spacial score (nSPS) is 11.9. The van der Waals surface area contributed by atoms with Crippen LogP contribution < -0.4 is 0 Å². The number of hydrogen-bond acceptors (Lipinski definition) is 2. The van der Waals surface area contributed by atoms with Crippen molar-refractivity contribution in [1.29, 1.82) is 0 Å². The summed E-state index contributed by atoms with van der Waals surface area (Å²) in [5, 5.41) is 5.89. The second-order valence-electron chi connectivity index (χ2n) is 5.68. The molecule has 2 nitrogen and oxygen atoms in total. The van der Waals surface area contributed by atoms with Crippen molar-refractivity contribution >= 4 is 43.6 Å². The molecule has 0 aliphatic rings. The molecule has 2 heterocycles. The van der Waals surface area contributed by atoms with E-state index in [1.54, 1.807) is 0 Å². The number of fused-ring (bicyclic) bond motifs is 7. The first-order valence-corrected chi connectivity index (χ1v) is 7.42. The number of aromatic nitrogens is 1. The van der Waals surface area contributed by atoms with E-state index in [9.17, 15) is 0 Å². The molecular formula is C20H13NO. The highest BCUT2D eigenvalue weighted by Gasteiger charge is 2.15. The first-order chi connectivity index (χ1) is 10.8. The molecule has 2 aromatic heterocycles. The summed E-state index contributed by atoms with van der Waals surface area (Å²) in [7, 11) is 0. The molecule has 0 atom stereocenters. The van der Waals surface area contributed by atoms with Crippen molar-refractivity contribution in [3.05, 3.63) is 66.4 Å². The molecular weight excluding hydrogens is 270 g/mol. The minimum absolute atomic E-state index is 0.893. The highest BCUT2D eigenvalue weighted by Crippen LogP contribution is 2.37. The number of para-hydroxylation sites is 1. The number of aryl methyl sites for hydroxylation is 1. The van der Waals surface area contributed by atoms with E-state index in [1.807, 2.05) is 19.1 Å². The monoisotopic (exact) mass is 283 g/mol. The van der Waals surface area contributed by atoms with Gasteiger partial charge >= 0.3 is 0 Å². The Bertz CT molecular complexity index is 1180. The van der Waals surface area contributed by atoms with Crippen LogP contribution in [0, 0.1) is 6.92 Å². The van der Waals surface area contributed by atoms with Crippen molar-refractivity contribution in [2.45, 2.75) is 6.92 Å². The topological polar surface area (TPSA) is 26.0 Å². The summed E-state index contributed by atoms with van der Waals surface area (Å²) in [6.07, 6.45) is 0. The quantitative estimate of drug-likeness (QED) is 0.346. The third kappa shape index (κ3) is 1.41. The van der Waals surface area contributed by atoms with E-state index in [0.717, 1.165) is 33.1 Å². The Morgan fingerprint density at radius 3 is 2.45 bits per heavy atom. The van der Waals surface area contributed by atoms with E-state index in [2.05, 4.69) is 48.5 Å². The fourth-order valence-corrected chi connectivity index (χ4v) is 3.36. The van der Waals surface area contributed by atoms with E-state index in [-0.39, 0.29) is 0 Å². The molecule has 0 spiro atoms. The van der Waals surface area contributed by atoms with Crippen LogP contribution in [0.25, 0.3) is 43.6 Å². The maximum absolute atomic E-state index is 6.04. The predicted octanol–water partition coefficient (Wildman–Crippen LogP) is 5.60. The van der Waals surface area contributed by atoms with Gasteiger partial charge < -0.3 is 4.42 Å². The van der Waals surface area contributed by atoms with Gasteiger partial charge in [-0.1, -0.05) is 54.6 Å². The molecule has 0 fully saturated rings. The Morgan fingerprint density at radius 1 is 0.773 bits per heavy atom. The third-order valence-corrected chi connectivity index (χ3v) is 4.37. The highest BCUT2D eigenvalue weighted by atomic mass is 16.3. The molecule has 22 heavy (non-hydrogen) atoms. The molecule has 0 aliphatic carbocycles. The van der Waals surface area contributed by atoms with Gasteiger partial charge in [0.05, 0.1) is 11.2 Å². The van der Waals surface area contributed by atoms with Crippen LogP contribution in [0.5, 0.6) is 0 Å². The number of furan rings is 1. The molecule has 0 saturated heterocycles. The molecule has 5 rings (SSSR count). The van der Waals surface area contributed by atoms with Crippen LogP contribution in [0.3, 0.4) is 0 Å². The van der Waals surface area contributed by atoms with Gasteiger partial charge in [-0.2, -0.15) is 0 Å². The van der Waals surface area contributed by atoms with Crippen molar-refractivity contribution in [3.8, 4) is 0 Å². The summed E-state index contributed by atoms with van der Waals surface area (Å²) >= 11 is 0. The van der Waals surface area contributed by atoms with Crippen LogP contribution in [0.2, 0.25) is 0 Å². The zero-order chi connectivity index (χ0) is 14.7. The Labute approximate surface area is 127 Å². The molecule has 104 valence electrons. The molecule has 0 radical (unpaired) electrons. The van der Waals surface area contributed by atoms with Crippen LogP contribution in [-0.4, -0.2) is 4.98 Å².